The first-order valence-electron chi connectivity index (χ1n) is 9.43. The lowest BCUT2D eigenvalue weighted by molar-refractivity contribution is 0.0531. The van der Waals surface area contributed by atoms with Crippen LogP contribution in [0.5, 0.6) is 0 Å². The van der Waals surface area contributed by atoms with Crippen molar-refractivity contribution >= 4 is 33.3 Å². The second-order valence-corrected chi connectivity index (χ2v) is 8.88. The molecule has 0 saturated carbocycles. The molecule has 0 radical (unpaired) electrons. The van der Waals surface area contributed by atoms with Gasteiger partial charge in [0.25, 0.3) is 5.56 Å². The maximum atomic E-state index is 12.9. The number of rotatable bonds is 5. The first-order valence-corrected chi connectivity index (χ1v) is 10.2. The molecule has 0 bridgehead atoms. The van der Waals surface area contributed by atoms with E-state index in [1.165, 1.54) is 10.9 Å². The summed E-state index contributed by atoms with van der Waals surface area (Å²) in [6.45, 7) is 9.90. The zero-order valence-electron chi connectivity index (χ0n) is 17.2. The first-order chi connectivity index (χ1) is 13.6. The van der Waals surface area contributed by atoms with Gasteiger partial charge in [0.05, 0.1) is 24.9 Å². The predicted molar refractivity (Wildman–Crippen MR) is 114 cm³/mol. The Balaban J connectivity index is 1.91. The third-order valence-corrected chi connectivity index (χ3v) is 5.94. The second-order valence-electron chi connectivity index (χ2n) is 7.88. The zero-order valence-corrected chi connectivity index (χ0v) is 18.1. The van der Waals surface area contributed by atoms with Gasteiger partial charge < -0.3 is 4.74 Å². The lowest BCUT2D eigenvalue weighted by Crippen LogP contribution is -2.24. The van der Waals surface area contributed by atoms with Crippen molar-refractivity contribution in [3.05, 3.63) is 62.5 Å². The van der Waals surface area contributed by atoms with E-state index in [9.17, 15) is 14.4 Å². The summed E-state index contributed by atoms with van der Waals surface area (Å²) in [6.07, 6.45) is 1.36. The molecule has 0 unspecified atom stereocenters. The average Bonchev–Trinajstić information content (AvgIpc) is 3.01. The number of hydrogen-bond acceptors (Lipinski definition) is 6. The quantitative estimate of drug-likeness (QED) is 0.465. The molecule has 0 saturated heterocycles. The highest BCUT2D eigenvalue weighted by molar-refractivity contribution is 7.20. The Hall–Kier alpha value is -2.80. The number of benzene rings is 1. The van der Waals surface area contributed by atoms with Gasteiger partial charge in [-0.3, -0.25) is 14.2 Å². The van der Waals surface area contributed by atoms with Gasteiger partial charge in [-0.25, -0.2) is 9.78 Å². The van der Waals surface area contributed by atoms with Crippen molar-refractivity contribution in [2.24, 2.45) is 0 Å². The van der Waals surface area contributed by atoms with Gasteiger partial charge in [-0.2, -0.15) is 0 Å². The number of thiophene rings is 1. The standard InChI is InChI=1S/C22H24N2O4S/c1-6-28-21(27)18-13(2)17-19(29-18)23-12-24(20(17)26)11-16(25)14-7-9-15(10-8-14)22(3,4)5/h7-10,12H,6,11H2,1-5H3. The summed E-state index contributed by atoms with van der Waals surface area (Å²) in [6, 6.07) is 7.45. The maximum Gasteiger partial charge on any atom is 0.348 e. The molecule has 0 aliphatic rings. The van der Waals surface area contributed by atoms with Gasteiger partial charge in [0, 0.05) is 5.56 Å². The Labute approximate surface area is 173 Å². The van der Waals surface area contributed by atoms with Crippen LogP contribution in [0.25, 0.3) is 10.2 Å². The molecule has 3 rings (SSSR count). The van der Waals surface area contributed by atoms with Crippen molar-refractivity contribution in [1.82, 2.24) is 9.55 Å². The van der Waals surface area contributed by atoms with E-state index in [0.29, 0.717) is 26.2 Å². The van der Waals surface area contributed by atoms with Gasteiger partial charge in [0.2, 0.25) is 0 Å². The van der Waals surface area contributed by atoms with Crippen LogP contribution < -0.4 is 5.56 Å². The second kappa shape index (κ2) is 7.91. The summed E-state index contributed by atoms with van der Waals surface area (Å²) in [5, 5.41) is 0.358. The normalized spacial score (nSPS) is 11.6. The van der Waals surface area contributed by atoms with Crippen LogP contribution in [0, 0.1) is 6.92 Å². The van der Waals surface area contributed by atoms with Crippen LogP contribution in [-0.2, 0) is 16.7 Å². The molecule has 7 heteroatoms. The topological polar surface area (TPSA) is 78.3 Å². The van der Waals surface area contributed by atoms with Crippen LogP contribution in [0.2, 0.25) is 0 Å². The number of fused-ring (bicyclic) bond motifs is 1. The minimum absolute atomic E-state index is 0.000576. The fourth-order valence-electron chi connectivity index (χ4n) is 3.07. The number of ether oxygens (including phenoxy) is 1. The SMILES string of the molecule is CCOC(=O)c1sc2ncn(CC(=O)c3ccc(C(C)(C)C)cc3)c(=O)c2c1C. The van der Waals surface area contributed by atoms with Crippen molar-refractivity contribution in [3.8, 4) is 0 Å². The highest BCUT2D eigenvalue weighted by Crippen LogP contribution is 2.27. The Morgan fingerprint density at radius 2 is 1.83 bits per heavy atom. The van der Waals surface area contributed by atoms with Gasteiger partial charge in [-0.1, -0.05) is 45.0 Å². The monoisotopic (exact) mass is 412 g/mol. The summed E-state index contributed by atoms with van der Waals surface area (Å²) in [5.41, 5.74) is 1.88. The van der Waals surface area contributed by atoms with Crippen LogP contribution in [0.4, 0.5) is 0 Å². The van der Waals surface area contributed by atoms with E-state index in [1.54, 1.807) is 26.0 Å². The third-order valence-electron chi connectivity index (χ3n) is 4.76. The number of aryl methyl sites for hydroxylation is 1. The summed E-state index contributed by atoms with van der Waals surface area (Å²) >= 11 is 1.13. The van der Waals surface area contributed by atoms with Crippen LogP contribution in [0.1, 0.15) is 58.9 Å². The lowest BCUT2D eigenvalue weighted by atomic mass is 9.86. The molecular formula is C22H24N2O4S. The summed E-state index contributed by atoms with van der Waals surface area (Å²) < 4.78 is 6.33. The molecule has 0 aliphatic carbocycles. The number of carbonyl (C=O) groups excluding carboxylic acids is 2. The molecule has 0 amide bonds. The number of esters is 1. The fourth-order valence-corrected chi connectivity index (χ4v) is 4.10. The molecule has 1 aromatic carbocycles. The van der Waals surface area contributed by atoms with Crippen LogP contribution >= 0.6 is 11.3 Å². The van der Waals surface area contributed by atoms with Crippen LogP contribution in [0.3, 0.4) is 0 Å². The number of aromatic nitrogens is 2. The smallest absolute Gasteiger partial charge is 0.348 e. The number of Topliss-reactive ketones (excluding diaryl/α,β-unsaturated/α-hetero) is 1. The van der Waals surface area contributed by atoms with E-state index in [-0.39, 0.29) is 29.9 Å². The van der Waals surface area contributed by atoms with Crippen LogP contribution in [-0.4, -0.2) is 27.9 Å². The Bertz CT molecular complexity index is 1130. The predicted octanol–water partition coefficient (Wildman–Crippen LogP) is 4.12. The number of ketones is 1. The van der Waals surface area contributed by atoms with Gasteiger partial charge in [0.1, 0.15) is 9.71 Å². The molecule has 2 aromatic heterocycles. The molecule has 6 nitrogen and oxygen atoms in total. The highest BCUT2D eigenvalue weighted by atomic mass is 32.1. The molecule has 3 aromatic rings. The Morgan fingerprint density at radius 1 is 1.17 bits per heavy atom. The van der Waals surface area contributed by atoms with E-state index in [1.807, 2.05) is 12.1 Å². The summed E-state index contributed by atoms with van der Waals surface area (Å²) in [7, 11) is 0. The van der Waals surface area contributed by atoms with E-state index in [4.69, 9.17) is 4.74 Å². The molecule has 2 heterocycles. The van der Waals surface area contributed by atoms with Gasteiger partial charge in [0.15, 0.2) is 5.78 Å². The highest BCUT2D eigenvalue weighted by Gasteiger charge is 2.21. The molecule has 152 valence electrons. The van der Waals surface area contributed by atoms with Crippen molar-refractivity contribution < 1.29 is 14.3 Å². The summed E-state index contributed by atoms with van der Waals surface area (Å²) in [5.74, 6) is -0.638. The number of hydrogen-bond donors (Lipinski definition) is 0. The number of carbonyl (C=O) groups is 2. The van der Waals surface area contributed by atoms with E-state index < -0.39 is 5.97 Å². The molecule has 29 heavy (non-hydrogen) atoms. The fraction of sp³-hybridized carbons (Fsp3) is 0.364. The molecule has 0 spiro atoms. The first kappa shape index (κ1) is 20.9. The lowest BCUT2D eigenvalue weighted by Gasteiger charge is -2.19. The zero-order chi connectivity index (χ0) is 21.3. The number of nitrogens with zero attached hydrogens (tertiary/aromatic N) is 2. The van der Waals surface area contributed by atoms with Gasteiger partial charge >= 0.3 is 5.97 Å². The van der Waals surface area contributed by atoms with E-state index >= 15 is 0 Å². The molecule has 0 atom stereocenters. The van der Waals surface area contributed by atoms with Crippen molar-refractivity contribution in [1.29, 1.82) is 0 Å². The summed E-state index contributed by atoms with van der Waals surface area (Å²) in [4.78, 5) is 42.8. The minimum Gasteiger partial charge on any atom is -0.462 e. The average molecular weight is 413 g/mol. The Morgan fingerprint density at radius 3 is 2.41 bits per heavy atom. The van der Waals surface area contributed by atoms with Crippen LogP contribution in [0.15, 0.2) is 35.4 Å². The largest absolute Gasteiger partial charge is 0.462 e. The van der Waals surface area contributed by atoms with Gasteiger partial charge in [-0.05, 0) is 30.4 Å². The molecule has 0 aliphatic heterocycles. The van der Waals surface area contributed by atoms with E-state index in [2.05, 4.69) is 25.8 Å². The van der Waals surface area contributed by atoms with E-state index in [0.717, 1.165) is 16.9 Å². The van der Waals surface area contributed by atoms with Crippen molar-refractivity contribution in [2.75, 3.05) is 6.61 Å². The molecular weight excluding hydrogens is 388 g/mol. The minimum atomic E-state index is -0.464. The molecule has 0 N–H and O–H groups in total. The third kappa shape index (κ3) is 4.15. The van der Waals surface area contributed by atoms with Crippen molar-refractivity contribution in [3.63, 3.8) is 0 Å². The van der Waals surface area contributed by atoms with Crippen molar-refractivity contribution in [2.45, 2.75) is 46.6 Å². The molecule has 0 fully saturated rings. The maximum absolute atomic E-state index is 12.9. The van der Waals surface area contributed by atoms with Gasteiger partial charge in [-0.15, -0.1) is 11.3 Å². The Kier molecular flexibility index (Phi) is 5.71.